The highest BCUT2D eigenvalue weighted by atomic mass is 32.2. The summed E-state index contributed by atoms with van der Waals surface area (Å²) in [5.41, 5.74) is -0.0161. The zero-order chi connectivity index (χ0) is 20.1. The number of hydrogen-bond donors (Lipinski definition) is 1. The number of sulfonamides is 1. The Morgan fingerprint density at radius 1 is 1.14 bits per heavy atom. The molecule has 0 aromatic heterocycles. The highest BCUT2D eigenvalue weighted by molar-refractivity contribution is 7.89. The van der Waals surface area contributed by atoms with Crippen LogP contribution < -0.4 is 10.1 Å². The van der Waals surface area contributed by atoms with Gasteiger partial charge in [0, 0.05) is 19.1 Å². The number of ether oxygens (including phenoxy) is 2. The first-order valence-electron chi connectivity index (χ1n) is 9.56. The van der Waals surface area contributed by atoms with Crippen LogP contribution in [0.25, 0.3) is 0 Å². The van der Waals surface area contributed by atoms with Crippen molar-refractivity contribution in [2.24, 2.45) is 0 Å². The van der Waals surface area contributed by atoms with Crippen LogP contribution in [-0.4, -0.2) is 57.4 Å². The molecule has 154 valence electrons. The third-order valence-electron chi connectivity index (χ3n) is 4.87. The highest BCUT2D eigenvalue weighted by Gasteiger charge is 2.28. The standard InChI is InChI=1S/C19H26N2O6S/c1-26-17-9-8-15(28(24,25)21-10-4-2-3-5-11-21)12-16(17)19(23)27-13-18(22)20-14-6-7-14/h8-9,12,14H,2-7,10-11,13H2,1H3,(H,20,22). The van der Waals surface area contributed by atoms with Crippen molar-refractivity contribution in [1.82, 2.24) is 9.62 Å². The predicted octanol–water partition coefficient (Wildman–Crippen LogP) is 1.70. The summed E-state index contributed by atoms with van der Waals surface area (Å²) in [6.07, 6.45) is 5.53. The van der Waals surface area contributed by atoms with Crippen molar-refractivity contribution in [3.05, 3.63) is 23.8 Å². The second kappa shape index (κ2) is 8.91. The average Bonchev–Trinajstić information content (AvgIpc) is 3.52. The van der Waals surface area contributed by atoms with E-state index in [0.717, 1.165) is 38.5 Å². The van der Waals surface area contributed by atoms with Crippen molar-refractivity contribution < 1.29 is 27.5 Å². The van der Waals surface area contributed by atoms with Crippen molar-refractivity contribution >= 4 is 21.9 Å². The number of benzene rings is 1. The number of esters is 1. The Labute approximate surface area is 165 Å². The summed E-state index contributed by atoms with van der Waals surface area (Å²) in [5, 5.41) is 2.72. The van der Waals surface area contributed by atoms with Gasteiger partial charge in [-0.15, -0.1) is 0 Å². The molecule has 28 heavy (non-hydrogen) atoms. The van der Waals surface area contributed by atoms with Gasteiger partial charge in [0.05, 0.1) is 12.0 Å². The topological polar surface area (TPSA) is 102 Å². The maximum atomic E-state index is 13.0. The number of nitrogens with one attached hydrogen (secondary N) is 1. The number of rotatable bonds is 7. The quantitative estimate of drug-likeness (QED) is 0.687. The van der Waals surface area contributed by atoms with E-state index in [4.69, 9.17) is 9.47 Å². The van der Waals surface area contributed by atoms with E-state index in [0.29, 0.717) is 13.1 Å². The first kappa shape index (κ1) is 20.6. The summed E-state index contributed by atoms with van der Waals surface area (Å²) in [7, 11) is -2.33. The maximum absolute atomic E-state index is 13.0. The lowest BCUT2D eigenvalue weighted by molar-refractivity contribution is -0.124. The van der Waals surface area contributed by atoms with Crippen LogP contribution in [0, 0.1) is 0 Å². The first-order chi connectivity index (χ1) is 13.4. The van der Waals surface area contributed by atoms with E-state index in [1.165, 1.54) is 29.6 Å². The predicted molar refractivity (Wildman–Crippen MR) is 102 cm³/mol. The molecule has 1 aliphatic carbocycles. The lowest BCUT2D eigenvalue weighted by Gasteiger charge is -2.20. The smallest absolute Gasteiger partial charge is 0.342 e. The van der Waals surface area contributed by atoms with Crippen molar-refractivity contribution in [2.75, 3.05) is 26.8 Å². The fraction of sp³-hybridized carbons (Fsp3) is 0.579. The zero-order valence-electron chi connectivity index (χ0n) is 16.0. The lowest BCUT2D eigenvalue weighted by atomic mass is 10.2. The Kier molecular flexibility index (Phi) is 6.56. The van der Waals surface area contributed by atoms with Crippen molar-refractivity contribution in [3.8, 4) is 5.75 Å². The fourth-order valence-electron chi connectivity index (χ4n) is 3.14. The van der Waals surface area contributed by atoms with Gasteiger partial charge >= 0.3 is 5.97 Å². The number of carbonyl (C=O) groups is 2. The minimum Gasteiger partial charge on any atom is -0.496 e. The molecule has 0 radical (unpaired) electrons. The Morgan fingerprint density at radius 2 is 1.82 bits per heavy atom. The molecule has 1 aromatic rings. The Balaban J connectivity index is 1.76. The molecule has 9 heteroatoms. The molecule has 1 saturated heterocycles. The number of methoxy groups -OCH3 is 1. The molecule has 1 amide bonds. The van der Waals surface area contributed by atoms with E-state index >= 15 is 0 Å². The van der Waals surface area contributed by atoms with Crippen molar-refractivity contribution in [2.45, 2.75) is 49.5 Å². The first-order valence-corrected chi connectivity index (χ1v) is 11.0. The van der Waals surface area contributed by atoms with Gasteiger partial charge < -0.3 is 14.8 Å². The van der Waals surface area contributed by atoms with Crippen molar-refractivity contribution in [1.29, 1.82) is 0 Å². The normalized spacial score (nSPS) is 18.2. The molecule has 2 fully saturated rings. The molecule has 0 spiro atoms. The molecule has 0 bridgehead atoms. The van der Waals surface area contributed by atoms with Crippen LogP contribution in [0.4, 0.5) is 0 Å². The molecular formula is C19H26N2O6S. The number of hydrogen-bond acceptors (Lipinski definition) is 6. The van der Waals surface area contributed by atoms with E-state index in [2.05, 4.69) is 5.32 Å². The van der Waals surface area contributed by atoms with Gasteiger partial charge in [0.25, 0.3) is 5.91 Å². The van der Waals surface area contributed by atoms with Gasteiger partial charge in [-0.3, -0.25) is 4.79 Å². The van der Waals surface area contributed by atoms with Crippen LogP contribution in [-0.2, 0) is 19.6 Å². The molecular weight excluding hydrogens is 384 g/mol. The van der Waals surface area contributed by atoms with Crippen molar-refractivity contribution in [3.63, 3.8) is 0 Å². The second-order valence-corrected chi connectivity index (χ2v) is 9.04. The monoisotopic (exact) mass is 410 g/mol. The van der Waals surface area contributed by atoms with Gasteiger partial charge in [-0.05, 0) is 43.9 Å². The Bertz CT molecular complexity index is 827. The summed E-state index contributed by atoms with van der Waals surface area (Å²) < 4.78 is 37.6. The third kappa shape index (κ3) is 5.02. The van der Waals surface area contributed by atoms with Crippen LogP contribution in [0.15, 0.2) is 23.1 Å². The summed E-state index contributed by atoms with van der Waals surface area (Å²) in [5.74, 6) is -0.971. The minimum atomic E-state index is -3.71. The Morgan fingerprint density at radius 3 is 2.43 bits per heavy atom. The van der Waals surface area contributed by atoms with Crippen LogP contribution in [0.2, 0.25) is 0 Å². The van der Waals surface area contributed by atoms with Crippen LogP contribution >= 0.6 is 0 Å². The summed E-state index contributed by atoms with van der Waals surface area (Å²) in [4.78, 5) is 24.2. The zero-order valence-corrected chi connectivity index (χ0v) is 16.8. The fourth-order valence-corrected chi connectivity index (χ4v) is 4.69. The minimum absolute atomic E-state index is 0.0161. The molecule has 0 atom stereocenters. The van der Waals surface area contributed by atoms with Crippen LogP contribution in [0.5, 0.6) is 5.75 Å². The molecule has 1 saturated carbocycles. The van der Waals surface area contributed by atoms with Gasteiger partial charge in [0.2, 0.25) is 10.0 Å². The second-order valence-electron chi connectivity index (χ2n) is 7.10. The van der Waals surface area contributed by atoms with Gasteiger partial charge in [0.15, 0.2) is 6.61 Å². The SMILES string of the molecule is COc1ccc(S(=O)(=O)N2CCCCCC2)cc1C(=O)OCC(=O)NC1CC1. The van der Waals surface area contributed by atoms with Gasteiger partial charge in [0.1, 0.15) is 11.3 Å². The maximum Gasteiger partial charge on any atom is 0.342 e. The van der Waals surface area contributed by atoms with Crippen LogP contribution in [0.3, 0.4) is 0 Å². The van der Waals surface area contributed by atoms with E-state index in [-0.39, 0.29) is 28.2 Å². The van der Waals surface area contributed by atoms with Gasteiger partial charge in [-0.25, -0.2) is 13.2 Å². The van der Waals surface area contributed by atoms with Crippen LogP contribution in [0.1, 0.15) is 48.9 Å². The third-order valence-corrected chi connectivity index (χ3v) is 6.77. The van der Waals surface area contributed by atoms with E-state index in [1.54, 1.807) is 0 Å². The molecule has 1 N–H and O–H groups in total. The largest absolute Gasteiger partial charge is 0.496 e. The molecule has 1 aliphatic heterocycles. The summed E-state index contributed by atoms with van der Waals surface area (Å²) in [6.45, 7) is 0.520. The molecule has 0 unspecified atom stereocenters. The molecule has 3 rings (SSSR count). The average molecular weight is 410 g/mol. The van der Waals surface area contributed by atoms with E-state index in [9.17, 15) is 18.0 Å². The van der Waals surface area contributed by atoms with Gasteiger partial charge in [-0.2, -0.15) is 4.31 Å². The Hall–Kier alpha value is -2.13. The van der Waals surface area contributed by atoms with E-state index in [1.807, 2.05) is 0 Å². The van der Waals surface area contributed by atoms with E-state index < -0.39 is 22.6 Å². The number of nitrogens with zero attached hydrogens (tertiary/aromatic N) is 1. The number of amides is 1. The van der Waals surface area contributed by atoms with Gasteiger partial charge in [-0.1, -0.05) is 12.8 Å². The molecule has 2 aliphatic rings. The summed E-state index contributed by atoms with van der Waals surface area (Å²) in [6, 6.07) is 4.30. The summed E-state index contributed by atoms with van der Waals surface area (Å²) >= 11 is 0. The molecule has 1 aromatic carbocycles. The lowest BCUT2D eigenvalue weighted by Crippen LogP contribution is -2.32. The highest BCUT2D eigenvalue weighted by Crippen LogP contribution is 2.27. The molecule has 8 nitrogen and oxygen atoms in total. The number of carbonyl (C=O) groups excluding carboxylic acids is 2. The molecule has 1 heterocycles.